The van der Waals surface area contributed by atoms with Crippen molar-refractivity contribution < 1.29 is 9.66 Å². The molecular formula is C20H16N6O3. The van der Waals surface area contributed by atoms with E-state index in [9.17, 15) is 10.1 Å². The lowest BCUT2D eigenvalue weighted by molar-refractivity contribution is -0.384. The summed E-state index contributed by atoms with van der Waals surface area (Å²) in [6.07, 6.45) is 3.33. The van der Waals surface area contributed by atoms with E-state index >= 15 is 0 Å². The molecule has 0 atom stereocenters. The molecule has 2 N–H and O–H groups in total. The van der Waals surface area contributed by atoms with Gasteiger partial charge in [-0.15, -0.1) is 0 Å². The van der Waals surface area contributed by atoms with Crippen LogP contribution in [0.15, 0.2) is 67.0 Å². The van der Waals surface area contributed by atoms with Gasteiger partial charge in [-0.25, -0.2) is 4.98 Å². The van der Waals surface area contributed by atoms with Crippen molar-refractivity contribution in [3.8, 4) is 5.75 Å². The van der Waals surface area contributed by atoms with Crippen molar-refractivity contribution in [1.82, 2.24) is 15.0 Å². The quantitative estimate of drug-likeness (QED) is 0.368. The first-order valence-corrected chi connectivity index (χ1v) is 8.67. The Balaban J connectivity index is 1.56. The third-order valence-corrected chi connectivity index (χ3v) is 4.16. The molecule has 0 saturated heterocycles. The Morgan fingerprint density at radius 2 is 1.90 bits per heavy atom. The van der Waals surface area contributed by atoms with Gasteiger partial charge in [0.05, 0.1) is 41.2 Å². The maximum Gasteiger partial charge on any atom is 0.273 e. The highest BCUT2D eigenvalue weighted by molar-refractivity contribution is 5.82. The predicted octanol–water partition coefficient (Wildman–Crippen LogP) is 4.43. The van der Waals surface area contributed by atoms with Crippen molar-refractivity contribution in [2.75, 3.05) is 17.7 Å². The smallest absolute Gasteiger partial charge is 0.273 e. The summed E-state index contributed by atoms with van der Waals surface area (Å²) in [6.45, 7) is 0. The number of benzene rings is 2. The van der Waals surface area contributed by atoms with Crippen molar-refractivity contribution in [3.05, 3.63) is 77.1 Å². The Kier molecular flexibility index (Phi) is 4.85. The Morgan fingerprint density at radius 3 is 2.72 bits per heavy atom. The zero-order chi connectivity index (χ0) is 20.2. The van der Waals surface area contributed by atoms with Crippen molar-refractivity contribution in [2.24, 2.45) is 0 Å². The van der Waals surface area contributed by atoms with Crippen molar-refractivity contribution in [2.45, 2.75) is 0 Å². The summed E-state index contributed by atoms with van der Waals surface area (Å²) in [5.41, 5.74) is 2.16. The molecule has 0 fully saturated rings. The maximum absolute atomic E-state index is 10.9. The SMILES string of the molecule is COc1cc([N+](=O)[O-])ccc1Nc1nccc(Nc2cnc3ccccc3c2)n1. The maximum atomic E-state index is 10.9. The Labute approximate surface area is 165 Å². The molecule has 144 valence electrons. The number of ether oxygens (including phenoxy) is 1. The lowest BCUT2D eigenvalue weighted by Crippen LogP contribution is -2.02. The minimum Gasteiger partial charge on any atom is -0.494 e. The molecule has 0 aliphatic heterocycles. The lowest BCUT2D eigenvalue weighted by atomic mass is 10.2. The van der Waals surface area contributed by atoms with E-state index in [1.807, 2.05) is 30.3 Å². The first-order valence-electron chi connectivity index (χ1n) is 8.67. The van der Waals surface area contributed by atoms with E-state index in [0.717, 1.165) is 16.6 Å². The zero-order valence-electron chi connectivity index (χ0n) is 15.4. The van der Waals surface area contributed by atoms with Gasteiger partial charge in [-0.1, -0.05) is 18.2 Å². The van der Waals surface area contributed by atoms with Gasteiger partial charge in [0.2, 0.25) is 5.95 Å². The van der Waals surface area contributed by atoms with Gasteiger partial charge >= 0.3 is 0 Å². The Morgan fingerprint density at radius 1 is 1.03 bits per heavy atom. The number of aromatic nitrogens is 3. The summed E-state index contributed by atoms with van der Waals surface area (Å²) in [5.74, 6) is 1.20. The number of nitro groups is 1. The number of nitrogens with zero attached hydrogens (tertiary/aromatic N) is 4. The summed E-state index contributed by atoms with van der Waals surface area (Å²) in [5, 5.41) is 18.2. The third kappa shape index (κ3) is 4.03. The topological polar surface area (TPSA) is 115 Å². The van der Waals surface area contributed by atoms with E-state index in [1.54, 1.807) is 24.5 Å². The average Bonchev–Trinajstić information content (AvgIpc) is 2.74. The first kappa shape index (κ1) is 18.1. The van der Waals surface area contributed by atoms with Gasteiger partial charge in [-0.3, -0.25) is 15.1 Å². The van der Waals surface area contributed by atoms with Crippen LogP contribution in [0.4, 0.5) is 28.8 Å². The van der Waals surface area contributed by atoms with Gasteiger partial charge in [0.1, 0.15) is 11.6 Å². The molecule has 0 amide bonds. The minimum absolute atomic E-state index is 0.0625. The number of hydrogen-bond acceptors (Lipinski definition) is 8. The van der Waals surface area contributed by atoms with Crippen LogP contribution in [0.25, 0.3) is 10.9 Å². The summed E-state index contributed by atoms with van der Waals surface area (Å²) in [7, 11) is 1.44. The van der Waals surface area contributed by atoms with E-state index in [0.29, 0.717) is 23.2 Å². The molecule has 2 aromatic heterocycles. The molecule has 4 rings (SSSR count). The predicted molar refractivity (Wildman–Crippen MR) is 110 cm³/mol. The Hall–Kier alpha value is -4.27. The standard InChI is InChI=1S/C20H16N6O3/c1-29-18-11-15(26(27)28)6-7-17(18)24-20-21-9-8-19(25-20)23-14-10-13-4-2-3-5-16(13)22-12-14/h2-12H,1H3,(H2,21,23,24,25). The Bertz CT molecular complexity index is 1200. The van der Waals surface area contributed by atoms with Crippen LogP contribution < -0.4 is 15.4 Å². The van der Waals surface area contributed by atoms with Crippen molar-refractivity contribution in [3.63, 3.8) is 0 Å². The zero-order valence-corrected chi connectivity index (χ0v) is 15.4. The molecular weight excluding hydrogens is 372 g/mol. The van der Waals surface area contributed by atoms with E-state index < -0.39 is 4.92 Å². The number of methoxy groups -OCH3 is 1. The molecule has 2 heterocycles. The molecule has 9 nitrogen and oxygen atoms in total. The first-order chi connectivity index (χ1) is 14.1. The molecule has 29 heavy (non-hydrogen) atoms. The van der Waals surface area contributed by atoms with Gasteiger partial charge in [0.15, 0.2) is 0 Å². The lowest BCUT2D eigenvalue weighted by Gasteiger charge is -2.11. The van der Waals surface area contributed by atoms with Crippen LogP contribution in [-0.4, -0.2) is 27.0 Å². The summed E-state index contributed by atoms with van der Waals surface area (Å²) >= 11 is 0. The fourth-order valence-corrected chi connectivity index (χ4v) is 2.79. The molecule has 4 aromatic rings. The minimum atomic E-state index is -0.481. The number of nitro benzene ring substituents is 1. The highest BCUT2D eigenvalue weighted by atomic mass is 16.6. The van der Waals surface area contributed by atoms with Crippen molar-refractivity contribution in [1.29, 1.82) is 0 Å². The second-order valence-corrected chi connectivity index (χ2v) is 6.07. The molecule has 9 heteroatoms. The second kappa shape index (κ2) is 7.77. The number of para-hydroxylation sites is 1. The largest absolute Gasteiger partial charge is 0.494 e. The number of nitrogens with one attached hydrogen (secondary N) is 2. The van der Waals surface area contributed by atoms with Gasteiger partial charge in [0.25, 0.3) is 5.69 Å². The molecule has 0 unspecified atom stereocenters. The van der Waals surface area contributed by atoms with Crippen LogP contribution in [-0.2, 0) is 0 Å². The fourth-order valence-electron chi connectivity index (χ4n) is 2.79. The number of anilines is 4. The average molecular weight is 388 g/mol. The van der Waals surface area contributed by atoms with Gasteiger partial charge in [-0.2, -0.15) is 4.98 Å². The van der Waals surface area contributed by atoms with E-state index in [-0.39, 0.29) is 5.69 Å². The van der Waals surface area contributed by atoms with Gasteiger partial charge in [0, 0.05) is 17.6 Å². The molecule has 0 aliphatic rings. The van der Waals surface area contributed by atoms with Gasteiger partial charge < -0.3 is 15.4 Å². The number of fused-ring (bicyclic) bond motifs is 1. The highest BCUT2D eigenvalue weighted by Crippen LogP contribution is 2.31. The molecule has 0 bridgehead atoms. The van der Waals surface area contributed by atoms with Crippen LogP contribution >= 0.6 is 0 Å². The summed E-state index contributed by atoms with van der Waals surface area (Å²) in [6, 6.07) is 15.8. The third-order valence-electron chi connectivity index (χ3n) is 4.16. The number of rotatable bonds is 6. The molecule has 0 radical (unpaired) electrons. The van der Waals surface area contributed by atoms with Crippen LogP contribution in [0.3, 0.4) is 0 Å². The molecule has 0 spiro atoms. The van der Waals surface area contributed by atoms with Crippen molar-refractivity contribution >= 4 is 39.7 Å². The molecule has 2 aromatic carbocycles. The molecule has 0 saturated carbocycles. The number of hydrogen-bond donors (Lipinski definition) is 2. The van der Waals surface area contributed by atoms with E-state index in [2.05, 4.69) is 25.6 Å². The van der Waals surface area contributed by atoms with Crippen LogP contribution in [0, 0.1) is 10.1 Å². The second-order valence-electron chi connectivity index (χ2n) is 6.07. The number of non-ortho nitro benzene ring substituents is 1. The van der Waals surface area contributed by atoms with Crippen LogP contribution in [0.2, 0.25) is 0 Å². The highest BCUT2D eigenvalue weighted by Gasteiger charge is 2.12. The fraction of sp³-hybridized carbons (Fsp3) is 0.0500. The normalized spacial score (nSPS) is 10.5. The molecule has 0 aliphatic carbocycles. The van der Waals surface area contributed by atoms with Gasteiger partial charge in [-0.05, 0) is 24.3 Å². The summed E-state index contributed by atoms with van der Waals surface area (Å²) in [4.78, 5) is 23.5. The summed E-state index contributed by atoms with van der Waals surface area (Å²) < 4.78 is 5.23. The van der Waals surface area contributed by atoms with Crippen LogP contribution in [0.5, 0.6) is 5.75 Å². The van der Waals surface area contributed by atoms with E-state index in [1.165, 1.54) is 19.2 Å². The monoisotopic (exact) mass is 388 g/mol. The van der Waals surface area contributed by atoms with E-state index in [4.69, 9.17) is 4.74 Å². The number of pyridine rings is 1. The van der Waals surface area contributed by atoms with Crippen LogP contribution in [0.1, 0.15) is 0 Å².